The van der Waals surface area contributed by atoms with Crippen molar-refractivity contribution in [3.8, 4) is 5.82 Å². The normalized spacial score (nSPS) is 13.2. The molecule has 3 aromatic rings. The van der Waals surface area contributed by atoms with Gasteiger partial charge in [-0.2, -0.15) is 35.8 Å². The molecule has 0 aliphatic carbocycles. The Kier molecular flexibility index (Phi) is 10.7. The summed E-state index contributed by atoms with van der Waals surface area (Å²) in [6, 6.07) is 5.85. The Hall–Kier alpha value is -3.70. The lowest BCUT2D eigenvalue weighted by atomic mass is 10.1. The zero-order valence-corrected chi connectivity index (χ0v) is 25.0. The summed E-state index contributed by atoms with van der Waals surface area (Å²) in [5.41, 5.74) is -1.98. The number of rotatable bonds is 9. The standard InChI is InChI=1S/C25H22Cl2F6N6O4S/c1-13-10-14(26)11-15(21(40)35-7-3-4-9-44(2,43)38-23(42)25(31,32)33)19(13)36-22(41)17-12-18(24(28,29)30)37-39(17)20-16(27)6-5-8-34-20/h5-6,8,10-12H,3-4,7,9H2,1-2H3,(H,35,40)(H,36,41). The van der Waals surface area contributed by atoms with Crippen LogP contribution in [0.1, 0.15) is 44.9 Å². The van der Waals surface area contributed by atoms with E-state index in [0.717, 1.165) is 6.26 Å². The molecular formula is C25H22Cl2F6N6O4S. The van der Waals surface area contributed by atoms with Gasteiger partial charge in [0.25, 0.3) is 11.8 Å². The van der Waals surface area contributed by atoms with Gasteiger partial charge in [0.05, 0.1) is 26.0 Å². The van der Waals surface area contributed by atoms with E-state index in [1.54, 1.807) is 0 Å². The van der Waals surface area contributed by atoms with E-state index in [9.17, 15) is 44.9 Å². The maximum Gasteiger partial charge on any atom is 0.474 e. The number of pyridine rings is 1. The predicted octanol–water partition coefficient (Wildman–Crippen LogP) is 5.85. The largest absolute Gasteiger partial charge is 0.474 e. The van der Waals surface area contributed by atoms with Gasteiger partial charge in [-0.1, -0.05) is 23.2 Å². The van der Waals surface area contributed by atoms with Crippen LogP contribution < -0.4 is 10.6 Å². The number of carbonyl (C=O) groups excluding carboxylic acids is 3. The molecule has 2 aromatic heterocycles. The first-order valence-electron chi connectivity index (χ1n) is 12.3. The summed E-state index contributed by atoms with van der Waals surface area (Å²) in [5, 5.41) is 8.38. The minimum atomic E-state index is -5.25. The predicted molar refractivity (Wildman–Crippen MR) is 150 cm³/mol. The van der Waals surface area contributed by atoms with E-state index < -0.39 is 51.2 Å². The molecule has 10 nitrogen and oxygen atoms in total. The maximum absolute atomic E-state index is 13.5. The highest BCUT2D eigenvalue weighted by molar-refractivity contribution is 7.93. The van der Waals surface area contributed by atoms with Crippen LogP contribution in [-0.4, -0.2) is 61.4 Å². The molecule has 3 amide bonds. The number of aryl methyl sites for hydroxylation is 1. The van der Waals surface area contributed by atoms with Gasteiger partial charge >= 0.3 is 18.3 Å². The Balaban J connectivity index is 1.80. The number of hydrogen-bond acceptors (Lipinski definition) is 6. The van der Waals surface area contributed by atoms with Gasteiger partial charge in [0, 0.05) is 35.8 Å². The van der Waals surface area contributed by atoms with Gasteiger partial charge < -0.3 is 10.6 Å². The van der Waals surface area contributed by atoms with Crippen LogP contribution in [0, 0.1) is 6.92 Å². The summed E-state index contributed by atoms with van der Waals surface area (Å²) >= 11 is 12.2. The average Bonchev–Trinajstić information content (AvgIpc) is 3.35. The fourth-order valence-electron chi connectivity index (χ4n) is 3.71. The van der Waals surface area contributed by atoms with Crippen LogP contribution in [0.2, 0.25) is 10.0 Å². The monoisotopic (exact) mass is 686 g/mol. The quantitative estimate of drug-likeness (QED) is 0.214. The number of anilines is 1. The van der Waals surface area contributed by atoms with Crippen molar-refractivity contribution in [2.24, 2.45) is 4.36 Å². The maximum atomic E-state index is 13.5. The number of carbonyl (C=O) groups is 3. The molecule has 19 heteroatoms. The molecule has 0 spiro atoms. The van der Waals surface area contributed by atoms with E-state index in [1.165, 1.54) is 37.4 Å². The Morgan fingerprint density at radius 1 is 1.05 bits per heavy atom. The van der Waals surface area contributed by atoms with Crippen molar-refractivity contribution in [2.45, 2.75) is 32.1 Å². The number of unbranched alkanes of at least 4 members (excludes halogenated alkanes) is 1. The fraction of sp³-hybridized carbons (Fsp3) is 0.320. The first-order chi connectivity index (χ1) is 20.3. The number of benzene rings is 1. The van der Waals surface area contributed by atoms with Gasteiger partial charge in [-0.05, 0) is 49.6 Å². The fourth-order valence-corrected chi connectivity index (χ4v) is 5.47. The van der Waals surface area contributed by atoms with Gasteiger partial charge in [0.15, 0.2) is 11.5 Å². The molecule has 238 valence electrons. The second-order valence-electron chi connectivity index (χ2n) is 9.25. The SMILES string of the molecule is Cc1cc(Cl)cc(C(=O)NCCCCS(C)(=O)=NC(=O)C(F)(F)F)c1NC(=O)c1cc(C(F)(F)F)nn1-c1ncccc1Cl. The molecular weight excluding hydrogens is 665 g/mol. The third kappa shape index (κ3) is 8.92. The molecule has 0 radical (unpaired) electrons. The van der Waals surface area contributed by atoms with Crippen LogP contribution in [0.5, 0.6) is 0 Å². The highest BCUT2D eigenvalue weighted by Crippen LogP contribution is 2.32. The summed E-state index contributed by atoms with van der Waals surface area (Å²) in [5.74, 6) is -4.92. The topological polar surface area (TPSA) is 135 Å². The summed E-state index contributed by atoms with van der Waals surface area (Å²) in [4.78, 5) is 41.2. The molecule has 1 unspecified atom stereocenters. The first kappa shape index (κ1) is 34.8. The Morgan fingerprint density at radius 3 is 2.34 bits per heavy atom. The van der Waals surface area contributed by atoms with Crippen molar-refractivity contribution >= 4 is 56.3 Å². The Morgan fingerprint density at radius 2 is 1.73 bits per heavy atom. The molecule has 1 aromatic carbocycles. The molecule has 0 aliphatic heterocycles. The van der Waals surface area contributed by atoms with Crippen molar-refractivity contribution < 1.29 is 44.9 Å². The molecule has 2 heterocycles. The van der Waals surface area contributed by atoms with Crippen molar-refractivity contribution in [2.75, 3.05) is 23.9 Å². The van der Waals surface area contributed by atoms with Crippen molar-refractivity contribution in [3.63, 3.8) is 0 Å². The minimum absolute atomic E-state index is 0.0318. The van der Waals surface area contributed by atoms with Gasteiger partial charge in [0.2, 0.25) is 0 Å². The number of hydrogen-bond donors (Lipinski definition) is 2. The average molecular weight is 687 g/mol. The van der Waals surface area contributed by atoms with Crippen LogP contribution >= 0.6 is 23.2 Å². The van der Waals surface area contributed by atoms with Crippen LogP contribution in [0.3, 0.4) is 0 Å². The first-order valence-corrected chi connectivity index (χ1v) is 15.1. The molecule has 0 bridgehead atoms. The highest BCUT2D eigenvalue weighted by Gasteiger charge is 2.39. The highest BCUT2D eigenvalue weighted by atomic mass is 35.5. The second kappa shape index (κ2) is 13.5. The molecule has 1 atom stereocenters. The van der Waals surface area contributed by atoms with Crippen molar-refractivity contribution in [3.05, 3.63) is 69.1 Å². The number of halogens is 8. The van der Waals surface area contributed by atoms with Crippen LogP contribution in [0.4, 0.5) is 32.0 Å². The lowest BCUT2D eigenvalue weighted by Crippen LogP contribution is -2.27. The van der Waals surface area contributed by atoms with Crippen LogP contribution in [-0.2, 0) is 20.7 Å². The molecule has 0 aliphatic rings. The summed E-state index contributed by atoms with van der Waals surface area (Å²) in [6.45, 7) is 1.41. The third-order valence-corrected chi connectivity index (χ3v) is 7.82. The van der Waals surface area contributed by atoms with Crippen molar-refractivity contribution in [1.29, 1.82) is 0 Å². The lowest BCUT2D eigenvalue weighted by Gasteiger charge is -2.15. The Bertz CT molecular complexity index is 1720. The molecule has 0 fully saturated rings. The smallest absolute Gasteiger partial charge is 0.352 e. The van der Waals surface area contributed by atoms with E-state index >= 15 is 0 Å². The molecule has 44 heavy (non-hydrogen) atoms. The molecule has 2 N–H and O–H groups in total. The van der Waals surface area contributed by atoms with Crippen LogP contribution in [0.15, 0.2) is 40.9 Å². The summed E-state index contributed by atoms with van der Waals surface area (Å²) < 4.78 is 93.2. The van der Waals surface area contributed by atoms with Gasteiger partial charge in [0.1, 0.15) is 5.69 Å². The summed E-state index contributed by atoms with van der Waals surface area (Å²) in [7, 11) is -3.47. The van der Waals surface area contributed by atoms with Crippen LogP contribution in [0.25, 0.3) is 5.82 Å². The van der Waals surface area contributed by atoms with Crippen molar-refractivity contribution in [1.82, 2.24) is 20.1 Å². The van der Waals surface area contributed by atoms with E-state index in [2.05, 4.69) is 25.1 Å². The van der Waals surface area contributed by atoms with E-state index in [-0.39, 0.29) is 57.8 Å². The number of aromatic nitrogens is 3. The van der Waals surface area contributed by atoms with Gasteiger partial charge in [-0.3, -0.25) is 14.4 Å². The van der Waals surface area contributed by atoms with E-state index in [4.69, 9.17) is 23.2 Å². The number of nitrogens with one attached hydrogen (secondary N) is 2. The van der Waals surface area contributed by atoms with Gasteiger partial charge in [-0.25, -0.2) is 13.9 Å². The number of alkyl halides is 6. The summed E-state index contributed by atoms with van der Waals surface area (Å²) in [6.07, 6.45) is -7.87. The minimum Gasteiger partial charge on any atom is -0.352 e. The van der Waals surface area contributed by atoms with E-state index in [1.807, 2.05) is 0 Å². The van der Waals surface area contributed by atoms with E-state index in [0.29, 0.717) is 10.7 Å². The molecule has 0 saturated carbocycles. The number of nitrogens with zero attached hydrogens (tertiary/aromatic N) is 4. The third-order valence-electron chi connectivity index (χ3n) is 5.71. The lowest BCUT2D eigenvalue weighted by molar-refractivity contribution is -0.169. The second-order valence-corrected chi connectivity index (χ2v) is 12.6. The molecule has 3 rings (SSSR count). The molecule has 0 saturated heterocycles. The zero-order valence-electron chi connectivity index (χ0n) is 22.6. The van der Waals surface area contributed by atoms with Gasteiger partial charge in [-0.15, -0.1) is 0 Å². The number of amides is 3. The Labute approximate surface area is 256 Å². The zero-order chi connectivity index (χ0) is 33.0.